The Hall–Kier alpha value is -0.350. The van der Waals surface area contributed by atoms with Gasteiger partial charge in [-0.25, -0.2) is 0 Å². The minimum absolute atomic E-state index is 0.221. The van der Waals surface area contributed by atoms with Crippen molar-refractivity contribution in [2.24, 2.45) is 11.8 Å². The average Bonchev–Trinajstić information content (AvgIpc) is 2.64. The Balaban J connectivity index is 0.000000140. The van der Waals surface area contributed by atoms with Gasteiger partial charge in [0, 0.05) is 0 Å². The topological polar surface area (TPSA) is 43.4 Å². The zero-order valence-electron chi connectivity index (χ0n) is 8.77. The Morgan fingerprint density at radius 1 is 1.29 bits per heavy atom. The van der Waals surface area contributed by atoms with Crippen molar-refractivity contribution in [2.75, 3.05) is 12.9 Å². The molecule has 2 unspecified atom stereocenters. The summed E-state index contributed by atoms with van der Waals surface area (Å²) in [5.41, 5.74) is 0. The average molecular weight is 218 g/mol. The third kappa shape index (κ3) is 4.24. The quantitative estimate of drug-likeness (QED) is 0.525. The number of hydrogen-bond acceptors (Lipinski definition) is 3. The molecule has 0 aromatic rings. The summed E-state index contributed by atoms with van der Waals surface area (Å²) in [6.45, 7) is 1.85. The molecule has 3 nitrogen and oxygen atoms in total. The molecule has 2 rings (SSSR count). The summed E-state index contributed by atoms with van der Waals surface area (Å²) in [6, 6.07) is 0. The highest BCUT2D eigenvalue weighted by Gasteiger charge is 2.25. The highest BCUT2D eigenvalue weighted by Crippen LogP contribution is 2.38. The van der Waals surface area contributed by atoms with Gasteiger partial charge in [0.05, 0.1) is 12.9 Å². The van der Waals surface area contributed by atoms with Gasteiger partial charge in [0.1, 0.15) is 0 Å². The second-order valence-electron chi connectivity index (χ2n) is 3.83. The van der Waals surface area contributed by atoms with Crippen molar-refractivity contribution in [1.29, 1.82) is 0 Å². The van der Waals surface area contributed by atoms with Gasteiger partial charge >= 0.3 is 0 Å². The maximum Gasteiger partial charge on any atom is 0.264 e. The first-order chi connectivity index (χ1) is 6.51. The molecule has 0 saturated heterocycles. The van der Waals surface area contributed by atoms with Gasteiger partial charge < -0.3 is 0 Å². The molecule has 0 radical (unpaired) electrons. The lowest BCUT2D eigenvalue weighted by atomic mass is 10.1. The largest absolute Gasteiger partial charge is 0.271 e. The van der Waals surface area contributed by atoms with E-state index in [9.17, 15) is 8.42 Å². The van der Waals surface area contributed by atoms with Crippen molar-refractivity contribution >= 4 is 10.1 Å². The molecule has 1 fully saturated rings. The van der Waals surface area contributed by atoms with Gasteiger partial charge in [0.25, 0.3) is 10.1 Å². The van der Waals surface area contributed by atoms with Crippen molar-refractivity contribution in [2.45, 2.75) is 26.2 Å². The molecule has 0 aromatic carbocycles. The van der Waals surface area contributed by atoms with Crippen molar-refractivity contribution in [3.05, 3.63) is 12.2 Å². The first-order valence-electron chi connectivity index (χ1n) is 5.04. The van der Waals surface area contributed by atoms with Gasteiger partial charge in [-0.3, -0.25) is 4.18 Å². The minimum atomic E-state index is -3.17. The van der Waals surface area contributed by atoms with Gasteiger partial charge in [0.15, 0.2) is 0 Å². The van der Waals surface area contributed by atoms with E-state index in [1.54, 1.807) is 6.92 Å². The van der Waals surface area contributed by atoms with E-state index in [2.05, 4.69) is 16.3 Å². The molecule has 2 aliphatic rings. The lowest BCUT2D eigenvalue weighted by Gasteiger charge is -1.96. The summed E-state index contributed by atoms with van der Waals surface area (Å²) in [6.07, 6.45) is 10.2. The Bertz CT molecular complexity index is 280. The van der Waals surface area contributed by atoms with Gasteiger partial charge in [-0.05, 0) is 38.0 Å². The molecule has 2 aliphatic carbocycles. The molecule has 0 spiro atoms. The number of hydrogen-bond donors (Lipinski definition) is 0. The molecule has 0 heterocycles. The normalized spacial score (nSPS) is 28.7. The summed E-state index contributed by atoms with van der Waals surface area (Å²) in [5.74, 6) is 1.98. The third-order valence-electron chi connectivity index (χ3n) is 2.50. The van der Waals surface area contributed by atoms with Gasteiger partial charge in [-0.1, -0.05) is 12.2 Å². The zero-order chi connectivity index (χ0) is 10.6. The molecule has 0 N–H and O–H groups in total. The van der Waals surface area contributed by atoms with E-state index < -0.39 is 10.1 Å². The Morgan fingerprint density at radius 2 is 1.79 bits per heavy atom. The first-order valence-corrected chi connectivity index (χ1v) is 6.85. The molecule has 4 heteroatoms. The van der Waals surface area contributed by atoms with Gasteiger partial charge in [-0.15, -0.1) is 0 Å². The van der Waals surface area contributed by atoms with Crippen LogP contribution >= 0.6 is 0 Å². The van der Waals surface area contributed by atoms with Crippen LogP contribution in [-0.2, 0) is 14.3 Å². The van der Waals surface area contributed by atoms with Crippen LogP contribution in [0.2, 0.25) is 0 Å². The molecule has 0 amide bonds. The van der Waals surface area contributed by atoms with Crippen LogP contribution in [0.25, 0.3) is 0 Å². The molecule has 0 aliphatic heterocycles. The van der Waals surface area contributed by atoms with Crippen molar-refractivity contribution in [3.63, 3.8) is 0 Å². The highest BCUT2D eigenvalue weighted by molar-refractivity contribution is 7.85. The lowest BCUT2D eigenvalue weighted by Crippen LogP contribution is -2.00. The summed E-state index contributed by atoms with van der Waals surface area (Å²) in [7, 11) is -3.17. The Labute approximate surface area is 86.3 Å². The van der Waals surface area contributed by atoms with Crippen molar-refractivity contribution in [3.8, 4) is 0 Å². The minimum Gasteiger partial charge on any atom is -0.271 e. The van der Waals surface area contributed by atoms with Gasteiger partial charge in [-0.2, -0.15) is 8.42 Å². The standard InChI is InChI=1S/C7H10.C3H8O3S/c1-2-7-4-3-6(1)5-7;1-3-6-7(2,4)5/h1-2,6-7H,3-5H2;3H2,1-2H3. The summed E-state index contributed by atoms with van der Waals surface area (Å²) in [4.78, 5) is 0. The van der Waals surface area contributed by atoms with E-state index in [1.807, 2.05) is 0 Å². The van der Waals surface area contributed by atoms with Crippen LogP contribution < -0.4 is 0 Å². The van der Waals surface area contributed by atoms with E-state index in [-0.39, 0.29) is 6.61 Å². The number of allylic oxidation sites excluding steroid dienone is 2. The van der Waals surface area contributed by atoms with Crippen LogP contribution in [0.15, 0.2) is 12.2 Å². The van der Waals surface area contributed by atoms with Gasteiger partial charge in [0.2, 0.25) is 0 Å². The molecule has 2 bridgehead atoms. The van der Waals surface area contributed by atoms with Crippen LogP contribution in [-0.4, -0.2) is 21.3 Å². The van der Waals surface area contributed by atoms with E-state index in [4.69, 9.17) is 0 Å². The highest BCUT2D eigenvalue weighted by atomic mass is 32.2. The number of fused-ring (bicyclic) bond motifs is 2. The van der Waals surface area contributed by atoms with Crippen LogP contribution in [0.3, 0.4) is 0 Å². The van der Waals surface area contributed by atoms with Crippen LogP contribution in [0.1, 0.15) is 26.2 Å². The maximum atomic E-state index is 10.0. The SMILES string of the molecule is C1=CC2CCC1C2.CCOS(C)(=O)=O. The smallest absolute Gasteiger partial charge is 0.264 e. The number of rotatable bonds is 2. The summed E-state index contributed by atoms with van der Waals surface area (Å²) in [5, 5.41) is 0. The maximum absolute atomic E-state index is 10.0. The first kappa shape index (κ1) is 11.7. The molecule has 14 heavy (non-hydrogen) atoms. The van der Waals surface area contributed by atoms with Crippen molar-refractivity contribution < 1.29 is 12.6 Å². The predicted octanol–water partition coefficient (Wildman–Crippen LogP) is 1.96. The molecule has 82 valence electrons. The van der Waals surface area contributed by atoms with E-state index in [0.717, 1.165) is 18.1 Å². The third-order valence-corrected chi connectivity index (χ3v) is 3.16. The molecule has 2 atom stereocenters. The van der Waals surface area contributed by atoms with Crippen molar-refractivity contribution in [1.82, 2.24) is 0 Å². The molecule has 0 aromatic heterocycles. The van der Waals surface area contributed by atoms with E-state index in [1.165, 1.54) is 19.3 Å². The van der Waals surface area contributed by atoms with E-state index in [0.29, 0.717) is 0 Å². The second-order valence-corrected chi connectivity index (χ2v) is 5.47. The fraction of sp³-hybridized carbons (Fsp3) is 0.800. The monoisotopic (exact) mass is 218 g/mol. The van der Waals surface area contributed by atoms with Crippen LogP contribution in [0.4, 0.5) is 0 Å². The Morgan fingerprint density at radius 3 is 1.86 bits per heavy atom. The Kier molecular flexibility index (Phi) is 4.13. The summed E-state index contributed by atoms with van der Waals surface area (Å²) >= 11 is 0. The summed E-state index contributed by atoms with van der Waals surface area (Å²) < 4.78 is 24.2. The predicted molar refractivity (Wildman–Crippen MR) is 56.4 cm³/mol. The molecular formula is C10H18O3S. The fourth-order valence-electron chi connectivity index (χ4n) is 1.93. The van der Waals surface area contributed by atoms with Crippen LogP contribution in [0, 0.1) is 11.8 Å². The van der Waals surface area contributed by atoms with E-state index >= 15 is 0 Å². The lowest BCUT2D eigenvalue weighted by molar-refractivity contribution is 0.342. The zero-order valence-corrected chi connectivity index (χ0v) is 9.59. The van der Waals surface area contributed by atoms with Crippen LogP contribution in [0.5, 0.6) is 0 Å². The fourth-order valence-corrected chi connectivity index (χ4v) is 2.36. The molecular weight excluding hydrogens is 200 g/mol. The second kappa shape index (κ2) is 4.94. The molecule has 1 saturated carbocycles.